The Morgan fingerprint density at radius 1 is 1.62 bits per heavy atom. The Labute approximate surface area is 106 Å². The average molecular weight is 260 g/mol. The Bertz CT molecular complexity index is 364. The van der Waals surface area contributed by atoms with Gasteiger partial charge in [0.25, 0.3) is 0 Å². The number of aliphatic hydroxyl groups excluding tert-OH is 1. The third-order valence-electron chi connectivity index (χ3n) is 3.26. The zero-order valence-corrected chi connectivity index (χ0v) is 11.2. The van der Waals surface area contributed by atoms with E-state index in [-0.39, 0.29) is 12.6 Å². The van der Waals surface area contributed by atoms with Crippen molar-refractivity contribution in [3.05, 3.63) is 20.8 Å². The second-order valence-corrected chi connectivity index (χ2v) is 6.49. The molecule has 0 saturated carbocycles. The van der Waals surface area contributed by atoms with Gasteiger partial charge >= 0.3 is 0 Å². The highest BCUT2D eigenvalue weighted by atomic mass is 35.5. The summed E-state index contributed by atoms with van der Waals surface area (Å²) in [7, 11) is 0. The number of rotatable bonds is 4. The summed E-state index contributed by atoms with van der Waals surface area (Å²) in [6, 6.07) is 2.62. The van der Waals surface area contributed by atoms with Gasteiger partial charge in [0.1, 0.15) is 0 Å². The molecule has 4 heteroatoms. The minimum atomic E-state index is 0.176. The molecule has 1 heterocycles. The highest BCUT2D eigenvalue weighted by Crippen LogP contribution is 2.39. The molecule has 1 aliphatic rings. The van der Waals surface area contributed by atoms with Crippen LogP contribution in [-0.4, -0.2) is 17.8 Å². The van der Waals surface area contributed by atoms with Crippen LogP contribution in [0, 0.1) is 5.92 Å². The van der Waals surface area contributed by atoms with Gasteiger partial charge < -0.3 is 10.4 Å². The summed E-state index contributed by atoms with van der Waals surface area (Å²) in [6.07, 6.45) is 2.24. The van der Waals surface area contributed by atoms with Crippen LogP contribution in [0.3, 0.4) is 0 Å². The Morgan fingerprint density at radius 3 is 3.00 bits per heavy atom. The lowest BCUT2D eigenvalue weighted by Crippen LogP contribution is -2.38. The van der Waals surface area contributed by atoms with E-state index in [9.17, 15) is 5.11 Å². The fraction of sp³-hybridized carbons (Fsp3) is 0.667. The van der Waals surface area contributed by atoms with Crippen molar-refractivity contribution in [1.29, 1.82) is 0 Å². The minimum absolute atomic E-state index is 0.176. The third kappa shape index (κ3) is 2.43. The third-order valence-corrected chi connectivity index (χ3v) is 4.60. The number of fused-ring (bicyclic) bond motifs is 1. The lowest BCUT2D eigenvalue weighted by atomic mass is 10.0. The van der Waals surface area contributed by atoms with Crippen molar-refractivity contribution in [2.24, 2.45) is 5.92 Å². The number of aryl methyl sites for hydroxylation is 1. The van der Waals surface area contributed by atoms with Crippen molar-refractivity contribution in [2.45, 2.75) is 38.8 Å². The molecule has 0 bridgehead atoms. The van der Waals surface area contributed by atoms with Gasteiger partial charge in [-0.05, 0) is 30.4 Å². The normalized spacial score (nSPS) is 21.4. The molecule has 0 fully saturated rings. The molecule has 90 valence electrons. The summed E-state index contributed by atoms with van der Waals surface area (Å²) in [4.78, 5) is 1.41. The van der Waals surface area contributed by atoms with Gasteiger partial charge in [-0.3, -0.25) is 0 Å². The lowest BCUT2D eigenvalue weighted by Gasteiger charge is -2.24. The summed E-state index contributed by atoms with van der Waals surface area (Å²) in [6.45, 7) is 4.45. The van der Waals surface area contributed by atoms with Crippen molar-refractivity contribution >= 4 is 22.9 Å². The van der Waals surface area contributed by atoms with Crippen molar-refractivity contribution in [3.63, 3.8) is 0 Å². The highest BCUT2D eigenvalue weighted by molar-refractivity contribution is 7.16. The van der Waals surface area contributed by atoms with Gasteiger partial charge in [-0.15, -0.1) is 11.3 Å². The summed E-state index contributed by atoms with van der Waals surface area (Å²) in [5.74, 6) is 0.447. The summed E-state index contributed by atoms with van der Waals surface area (Å²) >= 11 is 7.70. The Balaban J connectivity index is 2.07. The van der Waals surface area contributed by atoms with E-state index in [1.807, 2.05) is 0 Å². The number of nitrogens with one attached hydrogen (secondary N) is 1. The summed E-state index contributed by atoms with van der Waals surface area (Å²) < 4.78 is 0.876. The molecule has 0 radical (unpaired) electrons. The molecule has 1 aromatic rings. The van der Waals surface area contributed by atoms with E-state index < -0.39 is 0 Å². The first kappa shape index (κ1) is 12.4. The van der Waals surface area contributed by atoms with Crippen LogP contribution in [0.2, 0.25) is 4.34 Å². The van der Waals surface area contributed by atoms with E-state index in [0.717, 1.165) is 17.2 Å². The Hall–Kier alpha value is -0.0900. The van der Waals surface area contributed by atoms with E-state index in [0.29, 0.717) is 12.0 Å². The van der Waals surface area contributed by atoms with Crippen LogP contribution in [0.25, 0.3) is 0 Å². The van der Waals surface area contributed by atoms with Crippen molar-refractivity contribution in [3.8, 4) is 0 Å². The molecule has 0 aromatic carbocycles. The van der Waals surface area contributed by atoms with Gasteiger partial charge in [0.2, 0.25) is 0 Å². The topological polar surface area (TPSA) is 32.3 Å². The maximum absolute atomic E-state index is 9.32. The van der Waals surface area contributed by atoms with Gasteiger partial charge in [0.15, 0.2) is 0 Å². The molecule has 2 rings (SSSR count). The molecular weight excluding hydrogens is 242 g/mol. The average Bonchev–Trinajstić information content (AvgIpc) is 2.73. The maximum Gasteiger partial charge on any atom is 0.0934 e. The van der Waals surface area contributed by atoms with Crippen LogP contribution < -0.4 is 5.32 Å². The molecule has 0 aliphatic heterocycles. The number of hydrogen-bond donors (Lipinski definition) is 2. The largest absolute Gasteiger partial charge is 0.395 e. The summed E-state index contributed by atoms with van der Waals surface area (Å²) in [5.41, 5.74) is 1.34. The van der Waals surface area contributed by atoms with Crippen molar-refractivity contribution < 1.29 is 5.11 Å². The molecule has 2 unspecified atom stereocenters. The molecule has 2 N–H and O–H groups in total. The Kier molecular flexibility index (Phi) is 3.90. The second kappa shape index (κ2) is 5.05. The van der Waals surface area contributed by atoms with E-state index in [1.165, 1.54) is 10.4 Å². The van der Waals surface area contributed by atoms with E-state index in [1.54, 1.807) is 11.3 Å². The highest BCUT2D eigenvalue weighted by Gasteiger charge is 2.27. The van der Waals surface area contributed by atoms with E-state index in [2.05, 4.69) is 25.2 Å². The predicted molar refractivity (Wildman–Crippen MR) is 69.2 cm³/mol. The zero-order valence-electron chi connectivity index (χ0n) is 9.66. The van der Waals surface area contributed by atoms with Gasteiger partial charge in [0, 0.05) is 17.0 Å². The standard InChI is InChI=1S/C12H18ClNOS/c1-7(2)10(6-15)14-9-3-4-11-8(9)5-12(13)16-11/h5,7,9-10,14-15H,3-4,6H2,1-2H3. The van der Waals surface area contributed by atoms with Crippen LogP contribution in [0.5, 0.6) is 0 Å². The molecule has 1 aromatic heterocycles. The smallest absolute Gasteiger partial charge is 0.0934 e. The fourth-order valence-electron chi connectivity index (χ4n) is 2.22. The quantitative estimate of drug-likeness (QED) is 0.871. The summed E-state index contributed by atoms with van der Waals surface area (Å²) in [5, 5.41) is 12.9. The molecule has 0 spiro atoms. The molecule has 0 saturated heterocycles. The first-order valence-corrected chi connectivity index (χ1v) is 6.96. The lowest BCUT2D eigenvalue weighted by molar-refractivity contribution is 0.199. The fourth-order valence-corrected chi connectivity index (χ4v) is 3.57. The van der Waals surface area contributed by atoms with Gasteiger partial charge in [0.05, 0.1) is 10.9 Å². The van der Waals surface area contributed by atoms with Crippen LogP contribution >= 0.6 is 22.9 Å². The molecular formula is C12H18ClNOS. The molecule has 0 amide bonds. The van der Waals surface area contributed by atoms with Crippen LogP contribution in [0.1, 0.15) is 36.8 Å². The Morgan fingerprint density at radius 2 is 2.38 bits per heavy atom. The predicted octanol–water partition coefficient (Wildman–Crippen LogP) is 3.00. The maximum atomic E-state index is 9.32. The first-order chi connectivity index (χ1) is 7.61. The number of hydrogen-bond acceptors (Lipinski definition) is 3. The zero-order chi connectivity index (χ0) is 11.7. The van der Waals surface area contributed by atoms with E-state index in [4.69, 9.17) is 11.6 Å². The number of halogens is 1. The van der Waals surface area contributed by atoms with Gasteiger partial charge in [-0.25, -0.2) is 0 Å². The molecule has 2 nitrogen and oxygen atoms in total. The number of aliphatic hydroxyl groups is 1. The van der Waals surface area contributed by atoms with E-state index >= 15 is 0 Å². The molecule has 1 aliphatic carbocycles. The molecule has 2 atom stereocenters. The van der Waals surface area contributed by atoms with Crippen LogP contribution in [-0.2, 0) is 6.42 Å². The van der Waals surface area contributed by atoms with Crippen LogP contribution in [0.4, 0.5) is 0 Å². The van der Waals surface area contributed by atoms with Crippen molar-refractivity contribution in [1.82, 2.24) is 5.32 Å². The minimum Gasteiger partial charge on any atom is -0.395 e. The van der Waals surface area contributed by atoms with Crippen molar-refractivity contribution in [2.75, 3.05) is 6.61 Å². The molecule has 16 heavy (non-hydrogen) atoms. The van der Waals surface area contributed by atoms with Gasteiger partial charge in [-0.2, -0.15) is 0 Å². The second-order valence-electron chi connectivity index (χ2n) is 4.72. The first-order valence-electron chi connectivity index (χ1n) is 5.76. The van der Waals surface area contributed by atoms with Gasteiger partial charge in [-0.1, -0.05) is 25.4 Å². The van der Waals surface area contributed by atoms with Crippen LogP contribution in [0.15, 0.2) is 6.07 Å². The number of thiophene rings is 1. The SMILES string of the molecule is CC(C)C(CO)NC1CCc2sc(Cl)cc21. The monoisotopic (exact) mass is 259 g/mol.